The van der Waals surface area contributed by atoms with Crippen molar-refractivity contribution in [3.8, 4) is 17.0 Å². The summed E-state index contributed by atoms with van der Waals surface area (Å²) in [5.41, 5.74) is 2.98. The quantitative estimate of drug-likeness (QED) is 0.511. The Labute approximate surface area is 168 Å². The molecule has 0 fully saturated rings. The molecule has 2 aromatic carbocycles. The van der Waals surface area contributed by atoms with E-state index in [1.807, 2.05) is 37.3 Å². The smallest absolute Gasteiger partial charge is 0.266 e. The van der Waals surface area contributed by atoms with Gasteiger partial charge in [0.15, 0.2) is 11.4 Å². The van der Waals surface area contributed by atoms with Crippen molar-refractivity contribution in [2.45, 2.75) is 18.2 Å². The third-order valence-corrected chi connectivity index (χ3v) is 5.95. The number of benzene rings is 2. The van der Waals surface area contributed by atoms with Crippen LogP contribution in [0.5, 0.6) is 5.75 Å². The predicted molar refractivity (Wildman–Crippen MR) is 110 cm³/mol. The molecule has 29 heavy (non-hydrogen) atoms. The van der Waals surface area contributed by atoms with Crippen LogP contribution in [0.15, 0.2) is 70.2 Å². The largest absolute Gasteiger partial charge is 0.495 e. The van der Waals surface area contributed by atoms with E-state index >= 15 is 0 Å². The van der Waals surface area contributed by atoms with Crippen LogP contribution >= 0.6 is 0 Å². The maximum atomic E-state index is 13.0. The van der Waals surface area contributed by atoms with Gasteiger partial charge in [-0.1, -0.05) is 30.3 Å². The highest BCUT2D eigenvalue weighted by Crippen LogP contribution is 2.31. The number of fused-ring (bicyclic) bond motifs is 1. The fourth-order valence-corrected chi connectivity index (χ4v) is 4.27. The number of hydrogen-bond donors (Lipinski definition) is 1. The van der Waals surface area contributed by atoms with Gasteiger partial charge in [0, 0.05) is 11.8 Å². The summed E-state index contributed by atoms with van der Waals surface area (Å²) in [5.74, 6) is 0.386. The number of pyridine rings is 1. The van der Waals surface area contributed by atoms with Crippen molar-refractivity contribution in [3.63, 3.8) is 0 Å². The van der Waals surface area contributed by atoms with E-state index in [9.17, 15) is 8.42 Å². The summed E-state index contributed by atoms with van der Waals surface area (Å²) >= 11 is 0. The standard InChI is InChI=1S/C21H19N3O4S/c1-3-14-7-10-18(27-2)20(12-14)29(25,26)24-21-16-9-8-15(13-19(16)28-23-21)17-6-4-5-11-22-17/h4-13H,3H2,1-2H3,(H,23,24). The molecule has 2 aromatic heterocycles. The molecule has 0 saturated heterocycles. The summed E-state index contributed by atoms with van der Waals surface area (Å²) in [6, 6.07) is 16.1. The second-order valence-corrected chi connectivity index (χ2v) is 8.05. The highest BCUT2D eigenvalue weighted by Gasteiger charge is 2.23. The summed E-state index contributed by atoms with van der Waals surface area (Å²) in [6.45, 7) is 1.95. The lowest BCUT2D eigenvalue weighted by atomic mass is 10.1. The third kappa shape index (κ3) is 3.66. The Morgan fingerprint density at radius 3 is 2.69 bits per heavy atom. The van der Waals surface area contributed by atoms with Crippen LogP contribution in [0.1, 0.15) is 12.5 Å². The van der Waals surface area contributed by atoms with Gasteiger partial charge < -0.3 is 9.26 Å². The van der Waals surface area contributed by atoms with Crippen molar-refractivity contribution in [2.24, 2.45) is 0 Å². The number of sulfonamides is 1. The molecule has 7 nitrogen and oxygen atoms in total. The molecule has 1 N–H and O–H groups in total. The second kappa shape index (κ2) is 7.56. The van der Waals surface area contributed by atoms with Crippen molar-refractivity contribution < 1.29 is 17.7 Å². The Morgan fingerprint density at radius 2 is 1.97 bits per heavy atom. The summed E-state index contributed by atoms with van der Waals surface area (Å²) < 4.78 is 39.1. The van der Waals surface area contributed by atoms with Gasteiger partial charge >= 0.3 is 0 Å². The minimum atomic E-state index is -3.92. The molecule has 4 rings (SSSR count). The second-order valence-electron chi connectivity index (χ2n) is 6.40. The minimum absolute atomic E-state index is 0.0561. The Balaban J connectivity index is 1.71. The first-order valence-electron chi connectivity index (χ1n) is 9.02. The average molecular weight is 409 g/mol. The van der Waals surface area contributed by atoms with Crippen LogP contribution in [-0.4, -0.2) is 25.7 Å². The molecule has 8 heteroatoms. The molecule has 0 aliphatic rings. The zero-order valence-electron chi connectivity index (χ0n) is 15.9. The number of aromatic nitrogens is 2. The molecule has 0 spiro atoms. The molecule has 0 bridgehead atoms. The van der Waals surface area contributed by atoms with Gasteiger partial charge in [0.25, 0.3) is 10.0 Å². The zero-order valence-corrected chi connectivity index (χ0v) is 16.7. The first-order valence-corrected chi connectivity index (χ1v) is 10.5. The summed E-state index contributed by atoms with van der Waals surface area (Å²) in [7, 11) is -2.49. The van der Waals surface area contributed by atoms with Gasteiger partial charge in [-0.15, -0.1) is 0 Å². The van der Waals surface area contributed by atoms with Crippen molar-refractivity contribution >= 4 is 26.8 Å². The summed E-state index contributed by atoms with van der Waals surface area (Å²) in [4.78, 5) is 4.37. The molecule has 0 amide bonds. The van der Waals surface area contributed by atoms with Gasteiger partial charge in [0.05, 0.1) is 18.2 Å². The fourth-order valence-electron chi connectivity index (χ4n) is 3.04. The third-order valence-electron chi connectivity index (χ3n) is 4.59. The van der Waals surface area contributed by atoms with Crippen LogP contribution in [-0.2, 0) is 16.4 Å². The fraction of sp³-hybridized carbons (Fsp3) is 0.143. The molecule has 0 aliphatic carbocycles. The van der Waals surface area contributed by atoms with Crippen LogP contribution in [0.4, 0.5) is 5.82 Å². The van der Waals surface area contributed by atoms with E-state index in [0.29, 0.717) is 17.4 Å². The molecule has 0 radical (unpaired) electrons. The lowest BCUT2D eigenvalue weighted by Crippen LogP contribution is -2.15. The summed E-state index contributed by atoms with van der Waals surface area (Å²) in [6.07, 6.45) is 2.41. The number of aryl methyl sites for hydroxylation is 1. The van der Waals surface area contributed by atoms with E-state index in [0.717, 1.165) is 16.8 Å². The van der Waals surface area contributed by atoms with Crippen LogP contribution < -0.4 is 9.46 Å². The van der Waals surface area contributed by atoms with Crippen molar-refractivity contribution in [1.82, 2.24) is 10.1 Å². The highest BCUT2D eigenvalue weighted by molar-refractivity contribution is 7.92. The van der Waals surface area contributed by atoms with Gasteiger partial charge in [-0.05, 0) is 48.4 Å². The monoisotopic (exact) mass is 409 g/mol. The maximum Gasteiger partial charge on any atom is 0.266 e. The molecule has 148 valence electrons. The molecule has 4 aromatic rings. The molecular formula is C21H19N3O4S. The Bertz CT molecular complexity index is 1270. The Morgan fingerprint density at radius 1 is 1.10 bits per heavy atom. The van der Waals surface area contributed by atoms with Crippen LogP contribution in [0.3, 0.4) is 0 Å². The highest BCUT2D eigenvalue weighted by atomic mass is 32.2. The molecule has 0 saturated carbocycles. The number of methoxy groups -OCH3 is 1. The lowest BCUT2D eigenvalue weighted by molar-refractivity contribution is 0.402. The van der Waals surface area contributed by atoms with Gasteiger partial charge in [-0.3, -0.25) is 9.71 Å². The number of rotatable bonds is 6. The van der Waals surface area contributed by atoms with E-state index < -0.39 is 10.0 Å². The van der Waals surface area contributed by atoms with E-state index in [4.69, 9.17) is 9.26 Å². The van der Waals surface area contributed by atoms with E-state index in [-0.39, 0.29) is 16.5 Å². The van der Waals surface area contributed by atoms with Crippen molar-refractivity contribution in [2.75, 3.05) is 11.8 Å². The van der Waals surface area contributed by atoms with Gasteiger partial charge in [0.2, 0.25) is 0 Å². The predicted octanol–water partition coefficient (Wildman–Crippen LogP) is 4.26. The number of anilines is 1. The number of nitrogens with one attached hydrogen (secondary N) is 1. The van der Waals surface area contributed by atoms with Crippen molar-refractivity contribution in [3.05, 3.63) is 66.4 Å². The number of ether oxygens (including phenoxy) is 1. The Hall–Kier alpha value is -3.39. The Kier molecular flexibility index (Phi) is 4.94. The molecule has 0 unspecified atom stereocenters. The van der Waals surface area contributed by atoms with E-state index in [2.05, 4.69) is 14.9 Å². The number of hydrogen-bond acceptors (Lipinski definition) is 6. The van der Waals surface area contributed by atoms with E-state index in [1.165, 1.54) is 7.11 Å². The average Bonchev–Trinajstić information content (AvgIpc) is 3.15. The van der Waals surface area contributed by atoms with Gasteiger partial charge in [0.1, 0.15) is 10.6 Å². The SMILES string of the molecule is CCc1ccc(OC)c(S(=O)(=O)Nc2noc3cc(-c4ccccn4)ccc23)c1. The number of nitrogens with zero attached hydrogens (tertiary/aromatic N) is 2. The van der Waals surface area contributed by atoms with Crippen LogP contribution in [0.2, 0.25) is 0 Å². The van der Waals surface area contributed by atoms with E-state index in [1.54, 1.807) is 30.5 Å². The zero-order chi connectivity index (χ0) is 20.4. The molecule has 2 heterocycles. The normalized spacial score (nSPS) is 11.5. The lowest BCUT2D eigenvalue weighted by Gasteiger charge is -2.11. The molecule has 0 atom stereocenters. The molecular weight excluding hydrogens is 390 g/mol. The van der Waals surface area contributed by atoms with Crippen molar-refractivity contribution in [1.29, 1.82) is 0 Å². The first kappa shape index (κ1) is 18.9. The van der Waals surface area contributed by atoms with Crippen LogP contribution in [0.25, 0.3) is 22.2 Å². The minimum Gasteiger partial charge on any atom is -0.495 e. The first-order chi connectivity index (χ1) is 14.0. The maximum absolute atomic E-state index is 13.0. The van der Waals surface area contributed by atoms with Gasteiger partial charge in [-0.25, -0.2) is 8.42 Å². The van der Waals surface area contributed by atoms with Crippen LogP contribution in [0, 0.1) is 0 Å². The molecule has 0 aliphatic heterocycles. The summed E-state index contributed by atoms with van der Waals surface area (Å²) in [5, 5.41) is 4.47. The van der Waals surface area contributed by atoms with Gasteiger partial charge in [-0.2, -0.15) is 0 Å². The topological polar surface area (TPSA) is 94.3 Å².